The predicted molar refractivity (Wildman–Crippen MR) is 67.1 cm³/mol. The van der Waals surface area contributed by atoms with E-state index in [0.29, 0.717) is 0 Å². The number of aromatic carboxylic acids is 1. The third kappa shape index (κ3) is 3.99. The summed E-state index contributed by atoms with van der Waals surface area (Å²) in [4.78, 5) is 22.3. The van der Waals surface area contributed by atoms with Crippen molar-refractivity contribution in [1.29, 1.82) is 0 Å². The van der Waals surface area contributed by atoms with Gasteiger partial charge in [0.1, 0.15) is 5.75 Å². The fraction of sp³-hybridized carbons (Fsp3) is 0.0909. The number of carboxylic acids is 1. The van der Waals surface area contributed by atoms with Crippen molar-refractivity contribution in [2.45, 2.75) is 0 Å². The maximum absolute atomic E-state index is 11.4. The molecule has 1 aromatic carbocycles. The summed E-state index contributed by atoms with van der Waals surface area (Å²) in [5.74, 6) is -1.46. The zero-order chi connectivity index (χ0) is 13.7. The van der Waals surface area contributed by atoms with Crippen LogP contribution in [0.2, 0.25) is 0 Å². The number of anilines is 1. The number of benzene rings is 1. The number of hydrogen-bond acceptors (Lipinski definition) is 3. The maximum atomic E-state index is 11.4. The van der Waals surface area contributed by atoms with Gasteiger partial charge in [-0.05, 0) is 18.2 Å². The van der Waals surface area contributed by atoms with Gasteiger partial charge in [0.2, 0.25) is 0 Å². The van der Waals surface area contributed by atoms with E-state index in [4.69, 9.17) is 16.7 Å². The molecule has 0 aliphatic heterocycles. The molecule has 6 nitrogen and oxygen atoms in total. The van der Waals surface area contributed by atoms with Gasteiger partial charge in [0.15, 0.2) is 0 Å². The van der Waals surface area contributed by atoms with Crippen LogP contribution in [-0.4, -0.2) is 28.8 Å². The first kappa shape index (κ1) is 13.9. The molecule has 0 saturated heterocycles. The van der Waals surface area contributed by atoms with Crippen molar-refractivity contribution >= 4 is 29.3 Å². The molecule has 96 valence electrons. The Labute approximate surface area is 108 Å². The quantitative estimate of drug-likeness (QED) is 0.629. The lowest BCUT2D eigenvalue weighted by Crippen LogP contribution is -2.30. The number of hydrogen-bond donors (Lipinski definition) is 4. The van der Waals surface area contributed by atoms with Crippen LogP contribution in [0.5, 0.6) is 5.75 Å². The van der Waals surface area contributed by atoms with Crippen LogP contribution in [0.25, 0.3) is 0 Å². The van der Waals surface area contributed by atoms with Gasteiger partial charge in [-0.15, -0.1) is 0 Å². The third-order valence-corrected chi connectivity index (χ3v) is 2.06. The standard InChI is InChI=1S/C11H11ClN2O4/c1-6(12)5-13-11(18)14-9-3-2-7(15)4-8(9)10(16)17/h2-4,15H,1,5H2,(H,16,17)(H2,13,14,18). The van der Waals surface area contributed by atoms with Gasteiger partial charge >= 0.3 is 12.0 Å². The summed E-state index contributed by atoms with van der Waals surface area (Å²) in [6.45, 7) is 3.45. The Hall–Kier alpha value is -2.21. The van der Waals surface area contributed by atoms with Gasteiger partial charge in [-0.1, -0.05) is 18.2 Å². The summed E-state index contributed by atoms with van der Waals surface area (Å²) in [6, 6.07) is 2.97. The summed E-state index contributed by atoms with van der Waals surface area (Å²) in [7, 11) is 0. The lowest BCUT2D eigenvalue weighted by Gasteiger charge is -2.09. The highest BCUT2D eigenvalue weighted by molar-refractivity contribution is 6.29. The zero-order valence-electron chi connectivity index (χ0n) is 9.24. The van der Waals surface area contributed by atoms with Crippen LogP contribution in [0.3, 0.4) is 0 Å². The van der Waals surface area contributed by atoms with Crippen LogP contribution in [0, 0.1) is 0 Å². The molecule has 1 aromatic rings. The number of nitrogens with one attached hydrogen (secondary N) is 2. The van der Waals surface area contributed by atoms with Crippen LogP contribution < -0.4 is 10.6 Å². The van der Waals surface area contributed by atoms with E-state index in [2.05, 4.69) is 17.2 Å². The normalized spacial score (nSPS) is 9.61. The molecule has 0 bridgehead atoms. The average molecular weight is 271 g/mol. The monoisotopic (exact) mass is 270 g/mol. The van der Waals surface area contributed by atoms with E-state index in [1.54, 1.807) is 0 Å². The summed E-state index contributed by atoms with van der Waals surface area (Å²) in [5.41, 5.74) is -0.146. The molecule has 0 spiro atoms. The number of phenolic OH excluding ortho intramolecular Hbond substituents is 1. The van der Waals surface area contributed by atoms with E-state index in [1.165, 1.54) is 12.1 Å². The number of urea groups is 1. The largest absolute Gasteiger partial charge is 0.508 e. The highest BCUT2D eigenvalue weighted by Gasteiger charge is 2.13. The van der Waals surface area contributed by atoms with Crippen LogP contribution in [0.1, 0.15) is 10.4 Å². The molecule has 0 unspecified atom stereocenters. The predicted octanol–water partition coefficient (Wildman–Crippen LogP) is 1.96. The van der Waals surface area contributed by atoms with Crippen molar-refractivity contribution in [3.8, 4) is 5.75 Å². The van der Waals surface area contributed by atoms with Gasteiger partial charge in [-0.3, -0.25) is 0 Å². The number of halogens is 1. The number of carbonyl (C=O) groups excluding carboxylic acids is 1. The second-order valence-corrected chi connectivity index (χ2v) is 3.89. The minimum absolute atomic E-state index is 0.0634. The van der Waals surface area contributed by atoms with Crippen LogP contribution >= 0.6 is 11.6 Å². The molecular weight excluding hydrogens is 260 g/mol. The summed E-state index contributed by atoms with van der Waals surface area (Å²) in [5, 5.41) is 23.0. The minimum Gasteiger partial charge on any atom is -0.508 e. The fourth-order valence-electron chi connectivity index (χ4n) is 1.16. The van der Waals surface area contributed by atoms with Crippen LogP contribution in [0.15, 0.2) is 29.8 Å². The Kier molecular flexibility index (Phi) is 4.56. The number of rotatable bonds is 4. The summed E-state index contributed by atoms with van der Waals surface area (Å²) in [6.07, 6.45) is 0. The fourth-order valence-corrected chi connectivity index (χ4v) is 1.23. The Bertz CT molecular complexity index is 502. The molecule has 0 aromatic heterocycles. The SMILES string of the molecule is C=C(Cl)CNC(=O)Nc1ccc(O)cc1C(=O)O. The molecule has 7 heteroatoms. The van der Waals surface area contributed by atoms with Gasteiger partial charge in [-0.2, -0.15) is 0 Å². The van der Waals surface area contributed by atoms with Crippen molar-refractivity contribution in [3.05, 3.63) is 35.4 Å². The van der Waals surface area contributed by atoms with Gasteiger partial charge in [0.25, 0.3) is 0 Å². The van der Waals surface area contributed by atoms with Crippen LogP contribution in [0.4, 0.5) is 10.5 Å². The lowest BCUT2D eigenvalue weighted by molar-refractivity contribution is 0.0697. The smallest absolute Gasteiger partial charge is 0.337 e. The van der Waals surface area contributed by atoms with E-state index in [-0.39, 0.29) is 28.6 Å². The Morgan fingerprint density at radius 3 is 2.61 bits per heavy atom. The molecule has 0 heterocycles. The molecule has 4 N–H and O–H groups in total. The zero-order valence-corrected chi connectivity index (χ0v) is 9.99. The van der Waals surface area contributed by atoms with Gasteiger partial charge in [0, 0.05) is 5.03 Å². The van der Waals surface area contributed by atoms with Crippen molar-refractivity contribution in [1.82, 2.24) is 5.32 Å². The molecular formula is C11H11ClN2O4. The molecule has 0 atom stereocenters. The highest BCUT2D eigenvalue weighted by atomic mass is 35.5. The van der Waals surface area contributed by atoms with E-state index in [1.807, 2.05) is 0 Å². The Balaban J connectivity index is 2.81. The summed E-state index contributed by atoms with van der Waals surface area (Å²) >= 11 is 5.46. The summed E-state index contributed by atoms with van der Waals surface area (Å²) < 4.78 is 0. The molecule has 18 heavy (non-hydrogen) atoms. The third-order valence-electron chi connectivity index (χ3n) is 1.92. The van der Waals surface area contributed by atoms with E-state index in [9.17, 15) is 14.7 Å². The van der Waals surface area contributed by atoms with E-state index in [0.717, 1.165) is 6.07 Å². The number of phenols is 1. The molecule has 0 radical (unpaired) electrons. The molecule has 2 amide bonds. The van der Waals surface area contributed by atoms with Crippen molar-refractivity contribution in [2.24, 2.45) is 0 Å². The second kappa shape index (κ2) is 5.92. The number of amides is 2. The topological polar surface area (TPSA) is 98.7 Å². The van der Waals surface area contributed by atoms with Gasteiger partial charge in [-0.25, -0.2) is 9.59 Å². The van der Waals surface area contributed by atoms with Gasteiger partial charge < -0.3 is 20.8 Å². The van der Waals surface area contributed by atoms with Crippen molar-refractivity contribution < 1.29 is 19.8 Å². The molecule has 1 rings (SSSR count). The first-order chi connectivity index (χ1) is 8.40. The molecule has 0 aliphatic rings. The average Bonchev–Trinajstić information content (AvgIpc) is 2.28. The molecule has 0 fully saturated rings. The maximum Gasteiger partial charge on any atom is 0.337 e. The van der Waals surface area contributed by atoms with Gasteiger partial charge in [0.05, 0.1) is 17.8 Å². The lowest BCUT2D eigenvalue weighted by atomic mass is 10.1. The van der Waals surface area contributed by atoms with Crippen molar-refractivity contribution in [2.75, 3.05) is 11.9 Å². The van der Waals surface area contributed by atoms with Crippen LogP contribution in [-0.2, 0) is 0 Å². The van der Waals surface area contributed by atoms with Crippen molar-refractivity contribution in [3.63, 3.8) is 0 Å². The molecule has 0 saturated carbocycles. The number of aromatic hydroxyl groups is 1. The number of carboxylic acid groups (broad SMARTS) is 1. The van der Waals surface area contributed by atoms with E-state index >= 15 is 0 Å². The Morgan fingerprint density at radius 1 is 1.39 bits per heavy atom. The van der Waals surface area contributed by atoms with E-state index < -0.39 is 12.0 Å². The number of carbonyl (C=O) groups is 2. The first-order valence-corrected chi connectivity index (χ1v) is 5.22. The molecule has 0 aliphatic carbocycles. The first-order valence-electron chi connectivity index (χ1n) is 4.84. The second-order valence-electron chi connectivity index (χ2n) is 3.36. The highest BCUT2D eigenvalue weighted by Crippen LogP contribution is 2.21. The minimum atomic E-state index is -1.26. The Morgan fingerprint density at radius 2 is 2.06 bits per heavy atom.